The highest BCUT2D eigenvalue weighted by Gasteiger charge is 2.21. The molecule has 7 nitrogen and oxygen atoms in total. The zero-order chi connectivity index (χ0) is 18.8. The van der Waals surface area contributed by atoms with E-state index < -0.39 is 0 Å². The van der Waals surface area contributed by atoms with Crippen LogP contribution < -0.4 is 0 Å². The van der Waals surface area contributed by atoms with Crippen molar-refractivity contribution in [1.82, 2.24) is 29.9 Å². The first kappa shape index (κ1) is 17.9. The van der Waals surface area contributed by atoms with E-state index in [0.717, 1.165) is 26.7 Å². The van der Waals surface area contributed by atoms with Gasteiger partial charge in [0.05, 0.1) is 5.25 Å². The molecule has 1 atom stereocenters. The SMILES string of the molecule is Cc1nnc(C(C)Sc2nnc(-c3cccnc3)n2-c2ccc(Br)cc2)o1. The third-order valence-electron chi connectivity index (χ3n) is 3.81. The smallest absolute Gasteiger partial charge is 0.229 e. The van der Waals surface area contributed by atoms with Gasteiger partial charge in [-0.3, -0.25) is 9.55 Å². The van der Waals surface area contributed by atoms with Crippen LogP contribution in [0.4, 0.5) is 0 Å². The summed E-state index contributed by atoms with van der Waals surface area (Å²) >= 11 is 4.99. The van der Waals surface area contributed by atoms with E-state index in [-0.39, 0.29) is 5.25 Å². The topological polar surface area (TPSA) is 82.5 Å². The van der Waals surface area contributed by atoms with Gasteiger partial charge in [-0.25, -0.2) is 0 Å². The zero-order valence-corrected chi connectivity index (χ0v) is 17.0. The van der Waals surface area contributed by atoms with Gasteiger partial charge in [-0.1, -0.05) is 27.7 Å². The summed E-state index contributed by atoms with van der Waals surface area (Å²) < 4.78 is 8.57. The van der Waals surface area contributed by atoms with Crippen molar-refractivity contribution < 1.29 is 4.42 Å². The Morgan fingerprint density at radius 2 is 1.89 bits per heavy atom. The highest BCUT2D eigenvalue weighted by atomic mass is 79.9. The lowest BCUT2D eigenvalue weighted by Crippen LogP contribution is -2.01. The molecule has 4 rings (SSSR count). The average molecular weight is 443 g/mol. The van der Waals surface area contributed by atoms with E-state index in [4.69, 9.17) is 4.42 Å². The summed E-state index contributed by atoms with van der Waals surface area (Å²) in [6, 6.07) is 11.8. The maximum absolute atomic E-state index is 5.55. The molecule has 1 unspecified atom stereocenters. The summed E-state index contributed by atoms with van der Waals surface area (Å²) in [4.78, 5) is 4.20. The van der Waals surface area contributed by atoms with Crippen LogP contribution >= 0.6 is 27.7 Å². The van der Waals surface area contributed by atoms with E-state index in [1.807, 2.05) is 47.9 Å². The van der Waals surface area contributed by atoms with Crippen LogP contribution in [0.1, 0.15) is 24.0 Å². The average Bonchev–Trinajstić information content (AvgIpc) is 3.30. The van der Waals surface area contributed by atoms with Crippen LogP contribution in [0, 0.1) is 6.92 Å². The molecule has 0 bridgehead atoms. The molecule has 3 heterocycles. The second-order valence-corrected chi connectivity index (χ2v) is 8.00. The molecule has 0 spiro atoms. The van der Waals surface area contributed by atoms with Crippen LogP contribution in [-0.4, -0.2) is 29.9 Å². The number of aromatic nitrogens is 6. The highest BCUT2D eigenvalue weighted by Crippen LogP contribution is 2.36. The highest BCUT2D eigenvalue weighted by molar-refractivity contribution is 9.10. The Morgan fingerprint density at radius 1 is 1.07 bits per heavy atom. The van der Waals surface area contributed by atoms with Crippen molar-refractivity contribution in [2.75, 3.05) is 0 Å². The Balaban J connectivity index is 1.77. The molecule has 1 aromatic carbocycles. The second kappa shape index (κ2) is 7.61. The molecule has 0 fully saturated rings. The molecule has 0 aliphatic carbocycles. The third kappa shape index (κ3) is 3.79. The third-order valence-corrected chi connectivity index (χ3v) is 5.37. The Labute approximate surface area is 168 Å². The minimum absolute atomic E-state index is 0.0636. The minimum Gasteiger partial charge on any atom is -0.424 e. The minimum atomic E-state index is -0.0636. The van der Waals surface area contributed by atoms with Gasteiger partial charge in [0, 0.05) is 35.0 Å². The number of aryl methyl sites for hydroxylation is 1. The van der Waals surface area contributed by atoms with Crippen LogP contribution in [0.15, 0.2) is 62.8 Å². The lowest BCUT2D eigenvalue weighted by atomic mass is 10.2. The number of pyridine rings is 1. The molecular formula is C18H15BrN6OS. The monoisotopic (exact) mass is 442 g/mol. The van der Waals surface area contributed by atoms with Gasteiger partial charge >= 0.3 is 0 Å². The standard InChI is InChI=1S/C18H15BrN6OS/c1-11(17-23-21-12(2)26-17)27-18-24-22-16(13-4-3-9-20-10-13)25(18)15-7-5-14(19)6-8-15/h3-11H,1-2H3. The lowest BCUT2D eigenvalue weighted by molar-refractivity contribution is 0.470. The fourth-order valence-electron chi connectivity index (χ4n) is 2.54. The lowest BCUT2D eigenvalue weighted by Gasteiger charge is -2.12. The van der Waals surface area contributed by atoms with Gasteiger partial charge in [0.25, 0.3) is 0 Å². The number of hydrogen-bond acceptors (Lipinski definition) is 7. The summed E-state index contributed by atoms with van der Waals surface area (Å²) in [5, 5.41) is 17.5. The number of nitrogens with zero attached hydrogens (tertiary/aromatic N) is 6. The van der Waals surface area contributed by atoms with E-state index >= 15 is 0 Å². The van der Waals surface area contributed by atoms with E-state index in [9.17, 15) is 0 Å². The Hall–Kier alpha value is -2.52. The molecule has 0 saturated heterocycles. The fourth-order valence-corrected chi connectivity index (χ4v) is 3.70. The van der Waals surface area contributed by atoms with E-state index in [1.165, 1.54) is 11.8 Å². The summed E-state index contributed by atoms with van der Waals surface area (Å²) in [5.41, 5.74) is 1.85. The van der Waals surface area contributed by atoms with Crippen LogP contribution in [0.5, 0.6) is 0 Å². The first-order valence-corrected chi connectivity index (χ1v) is 9.87. The van der Waals surface area contributed by atoms with E-state index in [0.29, 0.717) is 11.8 Å². The van der Waals surface area contributed by atoms with Gasteiger partial charge < -0.3 is 4.42 Å². The van der Waals surface area contributed by atoms with E-state index in [2.05, 4.69) is 41.3 Å². The van der Waals surface area contributed by atoms with Crippen molar-refractivity contribution in [3.8, 4) is 17.1 Å². The molecule has 4 aromatic rings. The van der Waals surface area contributed by atoms with Crippen molar-refractivity contribution in [3.63, 3.8) is 0 Å². The van der Waals surface area contributed by atoms with Gasteiger partial charge in [0.1, 0.15) is 0 Å². The maximum Gasteiger partial charge on any atom is 0.229 e. The fraction of sp³-hybridized carbons (Fsp3) is 0.167. The van der Waals surface area contributed by atoms with Gasteiger partial charge in [0.2, 0.25) is 11.8 Å². The van der Waals surface area contributed by atoms with Crippen LogP contribution in [0.25, 0.3) is 17.1 Å². The van der Waals surface area contributed by atoms with Crippen molar-refractivity contribution in [2.45, 2.75) is 24.3 Å². The predicted molar refractivity (Wildman–Crippen MR) is 106 cm³/mol. The number of thioether (sulfide) groups is 1. The molecule has 3 aromatic heterocycles. The molecule has 0 aliphatic heterocycles. The van der Waals surface area contributed by atoms with Crippen LogP contribution in [-0.2, 0) is 0 Å². The van der Waals surface area contributed by atoms with Gasteiger partial charge in [0.15, 0.2) is 11.0 Å². The Kier molecular flexibility index (Phi) is 5.04. The number of hydrogen-bond donors (Lipinski definition) is 0. The molecular weight excluding hydrogens is 428 g/mol. The van der Waals surface area contributed by atoms with Crippen LogP contribution in [0.2, 0.25) is 0 Å². The number of rotatable bonds is 5. The van der Waals surface area contributed by atoms with Crippen molar-refractivity contribution >= 4 is 27.7 Å². The Morgan fingerprint density at radius 3 is 2.56 bits per heavy atom. The first-order valence-electron chi connectivity index (χ1n) is 8.20. The van der Waals surface area contributed by atoms with E-state index in [1.54, 1.807) is 19.3 Å². The number of halogens is 1. The summed E-state index contributed by atoms with van der Waals surface area (Å²) in [5.74, 6) is 1.83. The van der Waals surface area contributed by atoms with Gasteiger partial charge in [-0.15, -0.1) is 20.4 Å². The molecule has 0 saturated carbocycles. The summed E-state index contributed by atoms with van der Waals surface area (Å²) in [6.45, 7) is 3.78. The normalized spacial score (nSPS) is 12.3. The first-order chi connectivity index (χ1) is 13.1. The predicted octanol–water partition coefficient (Wildman–Crippen LogP) is 4.64. The molecule has 136 valence electrons. The Bertz CT molecular complexity index is 1050. The maximum atomic E-state index is 5.55. The summed E-state index contributed by atoms with van der Waals surface area (Å²) in [6.07, 6.45) is 3.51. The molecule has 27 heavy (non-hydrogen) atoms. The quantitative estimate of drug-likeness (QED) is 0.416. The van der Waals surface area contributed by atoms with Crippen LogP contribution in [0.3, 0.4) is 0 Å². The zero-order valence-electron chi connectivity index (χ0n) is 14.6. The molecule has 9 heteroatoms. The van der Waals surface area contributed by atoms with Gasteiger partial charge in [-0.2, -0.15) is 0 Å². The number of benzene rings is 1. The molecule has 0 amide bonds. The second-order valence-electron chi connectivity index (χ2n) is 5.78. The van der Waals surface area contributed by atoms with Crippen molar-refractivity contribution in [1.29, 1.82) is 0 Å². The van der Waals surface area contributed by atoms with Crippen molar-refractivity contribution in [3.05, 3.63) is 65.0 Å². The molecule has 0 radical (unpaired) electrons. The largest absolute Gasteiger partial charge is 0.424 e. The van der Waals surface area contributed by atoms with Gasteiger partial charge in [-0.05, 0) is 43.3 Å². The molecule has 0 aliphatic rings. The summed E-state index contributed by atoms with van der Waals surface area (Å²) in [7, 11) is 0. The van der Waals surface area contributed by atoms with Crippen molar-refractivity contribution in [2.24, 2.45) is 0 Å². The molecule has 0 N–H and O–H groups in total.